The monoisotopic (exact) mass is 356 g/mol. The summed E-state index contributed by atoms with van der Waals surface area (Å²) in [7, 11) is 3.02. The molecular formula is C16H24N2O7. The largest absolute Gasteiger partial charge is 0.473 e. The Morgan fingerprint density at radius 3 is 2.08 bits per heavy atom. The van der Waals surface area contributed by atoms with Gasteiger partial charge < -0.3 is 19.8 Å². The SMILES string of the molecule is COC(=O)CCC(=O)N(C)CC#CCN1CCCC1.O=C(O)C(=O)O. The van der Waals surface area contributed by atoms with Gasteiger partial charge in [-0.1, -0.05) is 11.8 Å². The maximum absolute atomic E-state index is 11.7. The highest BCUT2D eigenvalue weighted by atomic mass is 16.5. The fraction of sp³-hybridized carbons (Fsp3) is 0.625. The maximum atomic E-state index is 11.7. The Labute approximate surface area is 146 Å². The second kappa shape index (κ2) is 12.8. The van der Waals surface area contributed by atoms with Crippen molar-refractivity contribution < 1.29 is 34.1 Å². The van der Waals surface area contributed by atoms with E-state index in [2.05, 4.69) is 21.5 Å². The second-order valence-corrected chi connectivity index (χ2v) is 5.27. The predicted octanol–water partition coefficient (Wildman–Crippen LogP) is -0.347. The summed E-state index contributed by atoms with van der Waals surface area (Å²) in [6, 6.07) is 0. The number of methoxy groups -OCH3 is 1. The molecule has 25 heavy (non-hydrogen) atoms. The van der Waals surface area contributed by atoms with E-state index in [4.69, 9.17) is 19.8 Å². The number of hydrogen-bond acceptors (Lipinski definition) is 6. The van der Waals surface area contributed by atoms with Crippen molar-refractivity contribution in [1.29, 1.82) is 0 Å². The van der Waals surface area contributed by atoms with Crippen molar-refractivity contribution >= 4 is 23.8 Å². The van der Waals surface area contributed by atoms with E-state index in [0.29, 0.717) is 6.54 Å². The van der Waals surface area contributed by atoms with Crippen LogP contribution in [0.2, 0.25) is 0 Å². The molecule has 0 unspecified atom stereocenters. The molecule has 9 nitrogen and oxygen atoms in total. The summed E-state index contributed by atoms with van der Waals surface area (Å²) in [5.74, 6) is 1.98. The molecule has 1 heterocycles. The molecule has 1 fully saturated rings. The highest BCUT2D eigenvalue weighted by Gasteiger charge is 2.11. The van der Waals surface area contributed by atoms with Crippen LogP contribution in [0.15, 0.2) is 0 Å². The van der Waals surface area contributed by atoms with E-state index in [0.717, 1.165) is 19.6 Å². The number of hydrogen-bond donors (Lipinski definition) is 2. The molecule has 1 aliphatic rings. The molecular weight excluding hydrogens is 332 g/mol. The Morgan fingerprint density at radius 1 is 1.04 bits per heavy atom. The number of rotatable bonds is 5. The first-order valence-electron chi connectivity index (χ1n) is 7.73. The summed E-state index contributed by atoms with van der Waals surface area (Å²) in [5, 5.41) is 14.8. The van der Waals surface area contributed by atoms with Crippen molar-refractivity contribution in [2.75, 3.05) is 40.3 Å². The average Bonchev–Trinajstić information content (AvgIpc) is 3.09. The van der Waals surface area contributed by atoms with Crippen LogP contribution < -0.4 is 0 Å². The fourth-order valence-electron chi connectivity index (χ4n) is 1.87. The van der Waals surface area contributed by atoms with Crippen LogP contribution in [0.5, 0.6) is 0 Å². The zero-order valence-electron chi connectivity index (χ0n) is 14.5. The van der Waals surface area contributed by atoms with Gasteiger partial charge in [-0.2, -0.15) is 0 Å². The van der Waals surface area contributed by atoms with Gasteiger partial charge in [-0.15, -0.1) is 0 Å². The average molecular weight is 356 g/mol. The fourth-order valence-corrected chi connectivity index (χ4v) is 1.87. The van der Waals surface area contributed by atoms with Crippen LogP contribution in [0.1, 0.15) is 25.7 Å². The summed E-state index contributed by atoms with van der Waals surface area (Å²) in [6.45, 7) is 3.45. The van der Waals surface area contributed by atoms with Gasteiger partial charge in [-0.3, -0.25) is 14.5 Å². The molecule has 1 saturated heterocycles. The lowest BCUT2D eigenvalue weighted by atomic mass is 10.3. The van der Waals surface area contributed by atoms with Crippen molar-refractivity contribution in [2.45, 2.75) is 25.7 Å². The topological polar surface area (TPSA) is 124 Å². The number of likely N-dealkylation sites (tertiary alicyclic amines) is 1. The van der Waals surface area contributed by atoms with E-state index in [1.165, 1.54) is 20.0 Å². The number of carboxylic acid groups (broad SMARTS) is 2. The van der Waals surface area contributed by atoms with Gasteiger partial charge in [-0.05, 0) is 25.9 Å². The molecule has 1 rings (SSSR count). The number of carboxylic acids is 2. The molecule has 1 aliphatic heterocycles. The molecule has 0 aromatic carbocycles. The van der Waals surface area contributed by atoms with E-state index in [1.807, 2.05) is 0 Å². The first kappa shape index (κ1) is 22.4. The van der Waals surface area contributed by atoms with Crippen molar-refractivity contribution in [3.63, 3.8) is 0 Å². The Morgan fingerprint density at radius 2 is 1.60 bits per heavy atom. The maximum Gasteiger partial charge on any atom is 0.414 e. The van der Waals surface area contributed by atoms with Gasteiger partial charge in [0, 0.05) is 13.5 Å². The second-order valence-electron chi connectivity index (χ2n) is 5.27. The Balaban J connectivity index is 0.000000823. The molecule has 0 aromatic rings. The highest BCUT2D eigenvalue weighted by molar-refractivity contribution is 6.27. The molecule has 2 N–H and O–H groups in total. The summed E-state index contributed by atoms with van der Waals surface area (Å²) in [5.41, 5.74) is 0. The highest BCUT2D eigenvalue weighted by Crippen LogP contribution is 2.05. The first-order valence-corrected chi connectivity index (χ1v) is 7.73. The standard InChI is InChI=1S/C14H22N2O3.C2H2O4/c1-15(13(17)7-8-14(18)19-2)9-3-4-10-16-11-5-6-12-16;3-1(4)2(5)6/h5-12H2,1-2H3;(H,3,4)(H,5,6). The van der Waals surface area contributed by atoms with Crippen LogP contribution in [0.25, 0.3) is 0 Å². The quantitative estimate of drug-likeness (QED) is 0.389. The molecule has 0 spiro atoms. The molecule has 9 heteroatoms. The molecule has 0 aromatic heterocycles. The minimum absolute atomic E-state index is 0.0825. The molecule has 0 radical (unpaired) electrons. The zero-order chi connectivity index (χ0) is 19.2. The summed E-state index contributed by atoms with van der Waals surface area (Å²) >= 11 is 0. The van der Waals surface area contributed by atoms with Crippen LogP contribution in [-0.4, -0.2) is 84.2 Å². The van der Waals surface area contributed by atoms with Gasteiger partial charge in [0.1, 0.15) is 0 Å². The molecule has 0 atom stereocenters. The first-order chi connectivity index (χ1) is 11.8. The molecule has 140 valence electrons. The van der Waals surface area contributed by atoms with Crippen LogP contribution in [0, 0.1) is 11.8 Å². The van der Waals surface area contributed by atoms with Crippen molar-refractivity contribution in [3.05, 3.63) is 0 Å². The number of carbonyl (C=O) groups is 4. The van der Waals surface area contributed by atoms with Gasteiger partial charge >= 0.3 is 17.9 Å². The van der Waals surface area contributed by atoms with Crippen molar-refractivity contribution in [2.24, 2.45) is 0 Å². The Hall–Kier alpha value is -2.60. The Kier molecular flexibility index (Phi) is 11.4. The number of aliphatic carboxylic acids is 2. The lowest BCUT2D eigenvalue weighted by Gasteiger charge is -2.13. The Bertz CT molecular complexity index is 518. The lowest BCUT2D eigenvalue weighted by molar-refractivity contribution is -0.159. The number of carbonyl (C=O) groups excluding carboxylic acids is 2. The molecule has 0 aliphatic carbocycles. The van der Waals surface area contributed by atoms with Gasteiger partial charge in [0.2, 0.25) is 5.91 Å². The summed E-state index contributed by atoms with van der Waals surface area (Å²) in [6.07, 6.45) is 2.82. The lowest BCUT2D eigenvalue weighted by Crippen LogP contribution is -2.27. The van der Waals surface area contributed by atoms with Crippen LogP contribution in [0.3, 0.4) is 0 Å². The minimum atomic E-state index is -1.82. The normalized spacial score (nSPS) is 12.9. The van der Waals surface area contributed by atoms with Gasteiger partial charge in [0.05, 0.1) is 26.6 Å². The minimum Gasteiger partial charge on any atom is -0.473 e. The number of esters is 1. The molecule has 0 saturated carbocycles. The van der Waals surface area contributed by atoms with Crippen LogP contribution in [0.4, 0.5) is 0 Å². The third-order valence-electron chi connectivity index (χ3n) is 3.32. The zero-order valence-corrected chi connectivity index (χ0v) is 14.5. The van der Waals surface area contributed by atoms with Crippen molar-refractivity contribution in [1.82, 2.24) is 9.80 Å². The third-order valence-corrected chi connectivity index (χ3v) is 3.32. The molecule has 0 bridgehead atoms. The number of nitrogens with zero attached hydrogens (tertiary/aromatic N) is 2. The van der Waals surface area contributed by atoms with E-state index in [-0.39, 0.29) is 24.7 Å². The molecule has 1 amide bonds. The van der Waals surface area contributed by atoms with Crippen molar-refractivity contribution in [3.8, 4) is 11.8 Å². The van der Waals surface area contributed by atoms with E-state index in [1.54, 1.807) is 11.9 Å². The van der Waals surface area contributed by atoms with E-state index in [9.17, 15) is 9.59 Å². The van der Waals surface area contributed by atoms with Gasteiger partial charge in [-0.25, -0.2) is 9.59 Å². The van der Waals surface area contributed by atoms with E-state index >= 15 is 0 Å². The smallest absolute Gasteiger partial charge is 0.414 e. The predicted molar refractivity (Wildman–Crippen MR) is 87.6 cm³/mol. The van der Waals surface area contributed by atoms with E-state index < -0.39 is 11.9 Å². The summed E-state index contributed by atoms with van der Waals surface area (Å²) in [4.78, 5) is 44.6. The van der Waals surface area contributed by atoms with Gasteiger partial charge in [0.15, 0.2) is 0 Å². The number of amides is 1. The number of ether oxygens (including phenoxy) is 1. The van der Waals surface area contributed by atoms with Crippen LogP contribution >= 0.6 is 0 Å². The summed E-state index contributed by atoms with van der Waals surface area (Å²) < 4.78 is 4.49. The third kappa shape index (κ3) is 11.6. The van der Waals surface area contributed by atoms with Crippen LogP contribution in [-0.2, 0) is 23.9 Å². The van der Waals surface area contributed by atoms with Gasteiger partial charge in [0.25, 0.3) is 0 Å².